The number of benzene rings is 1. The Balaban J connectivity index is 2.51. The molecule has 114 valence electrons. The first-order valence-electron chi connectivity index (χ1n) is 6.93. The van der Waals surface area contributed by atoms with Gasteiger partial charge in [-0.1, -0.05) is 34.8 Å². The molecule has 0 fully saturated rings. The summed E-state index contributed by atoms with van der Waals surface area (Å²) < 4.78 is 0. The van der Waals surface area contributed by atoms with Crippen LogP contribution in [0, 0.1) is 0 Å². The van der Waals surface area contributed by atoms with Crippen molar-refractivity contribution in [2.45, 2.75) is 46.3 Å². The summed E-state index contributed by atoms with van der Waals surface area (Å²) in [6.45, 7) is 11.4. The van der Waals surface area contributed by atoms with E-state index in [-0.39, 0.29) is 0 Å². The minimum absolute atomic E-state index is 0.537. The summed E-state index contributed by atoms with van der Waals surface area (Å²) in [6.07, 6.45) is 0. The van der Waals surface area contributed by atoms with Crippen LogP contribution in [0.15, 0.2) is 12.1 Å². The minimum Gasteiger partial charge on any atom is -0.311 e. The average Bonchev–Trinajstić information content (AvgIpc) is 2.36. The lowest BCUT2D eigenvalue weighted by Crippen LogP contribution is -2.41. The Morgan fingerprint density at radius 1 is 1.00 bits per heavy atom. The van der Waals surface area contributed by atoms with Crippen molar-refractivity contribution < 1.29 is 0 Å². The van der Waals surface area contributed by atoms with Crippen molar-refractivity contribution in [3.8, 4) is 0 Å². The van der Waals surface area contributed by atoms with E-state index in [2.05, 4.69) is 37.9 Å². The van der Waals surface area contributed by atoms with E-state index in [1.54, 1.807) is 12.1 Å². The highest BCUT2D eigenvalue weighted by atomic mass is 35.5. The molecule has 5 heteroatoms. The van der Waals surface area contributed by atoms with Crippen LogP contribution in [-0.2, 0) is 6.54 Å². The van der Waals surface area contributed by atoms with Crippen LogP contribution in [0.25, 0.3) is 0 Å². The van der Waals surface area contributed by atoms with Crippen molar-refractivity contribution >= 4 is 34.8 Å². The van der Waals surface area contributed by atoms with Crippen LogP contribution < -0.4 is 5.32 Å². The van der Waals surface area contributed by atoms with Crippen LogP contribution in [-0.4, -0.2) is 30.1 Å². The molecular weight excluding hydrogens is 315 g/mol. The molecule has 0 saturated heterocycles. The molecule has 0 radical (unpaired) electrons. The van der Waals surface area contributed by atoms with E-state index in [4.69, 9.17) is 34.8 Å². The van der Waals surface area contributed by atoms with Gasteiger partial charge in [-0.3, -0.25) is 4.90 Å². The van der Waals surface area contributed by atoms with Gasteiger partial charge >= 0.3 is 0 Å². The van der Waals surface area contributed by atoms with Crippen molar-refractivity contribution in [2.24, 2.45) is 0 Å². The normalized spacial score (nSPS) is 11.9. The third-order valence-electron chi connectivity index (χ3n) is 3.31. The molecule has 1 aromatic carbocycles. The molecule has 0 atom stereocenters. The first-order chi connectivity index (χ1) is 9.34. The molecule has 0 heterocycles. The second-order valence-electron chi connectivity index (χ2n) is 5.42. The highest BCUT2D eigenvalue weighted by Gasteiger charge is 2.13. The number of halogens is 3. The Morgan fingerprint density at radius 2 is 1.55 bits per heavy atom. The Hall–Kier alpha value is 0.01000. The van der Waals surface area contributed by atoms with Crippen LogP contribution in [0.5, 0.6) is 0 Å². The second-order valence-corrected chi connectivity index (χ2v) is 6.62. The predicted molar refractivity (Wildman–Crippen MR) is 90.2 cm³/mol. The van der Waals surface area contributed by atoms with Crippen LogP contribution >= 0.6 is 34.8 Å². The summed E-state index contributed by atoms with van der Waals surface area (Å²) in [5, 5.41) is 5.11. The highest BCUT2D eigenvalue weighted by molar-refractivity contribution is 6.44. The quantitative estimate of drug-likeness (QED) is 0.565. The highest BCUT2D eigenvalue weighted by Crippen LogP contribution is 2.31. The van der Waals surface area contributed by atoms with Gasteiger partial charge in [0.05, 0.1) is 10.0 Å². The molecule has 0 amide bonds. The smallest absolute Gasteiger partial charge is 0.0652 e. The molecule has 0 aliphatic rings. The van der Waals surface area contributed by atoms with E-state index in [1.807, 2.05) is 0 Å². The van der Waals surface area contributed by atoms with Crippen molar-refractivity contribution in [1.29, 1.82) is 0 Å². The zero-order valence-electron chi connectivity index (χ0n) is 12.5. The fourth-order valence-electron chi connectivity index (χ4n) is 2.27. The molecule has 2 nitrogen and oxygen atoms in total. The van der Waals surface area contributed by atoms with Gasteiger partial charge in [0.15, 0.2) is 0 Å². The van der Waals surface area contributed by atoms with Gasteiger partial charge < -0.3 is 5.32 Å². The summed E-state index contributed by atoms with van der Waals surface area (Å²) in [5.74, 6) is 0. The van der Waals surface area contributed by atoms with Crippen molar-refractivity contribution in [3.63, 3.8) is 0 Å². The van der Waals surface area contributed by atoms with Crippen LogP contribution in [0.4, 0.5) is 0 Å². The van der Waals surface area contributed by atoms with E-state index in [0.717, 1.165) is 18.7 Å². The third-order valence-corrected chi connectivity index (χ3v) is 4.51. The first kappa shape index (κ1) is 18.1. The second kappa shape index (κ2) is 8.45. The molecular formula is C15H23Cl3N2. The van der Waals surface area contributed by atoms with Gasteiger partial charge in [0.25, 0.3) is 0 Å². The number of nitrogens with one attached hydrogen (secondary N) is 1. The summed E-state index contributed by atoms with van der Waals surface area (Å²) in [6, 6.07) is 4.57. The van der Waals surface area contributed by atoms with E-state index in [0.29, 0.717) is 33.7 Å². The zero-order valence-corrected chi connectivity index (χ0v) is 14.8. The summed E-state index contributed by atoms with van der Waals surface area (Å²) in [7, 11) is 0. The molecule has 1 aromatic rings. The Morgan fingerprint density at radius 3 is 2.10 bits per heavy atom. The molecule has 0 aliphatic carbocycles. The molecule has 0 bridgehead atoms. The SMILES string of the molecule is CC(C)N(CCNCc1c(Cl)ccc(Cl)c1Cl)C(C)C. The fourth-order valence-corrected chi connectivity index (χ4v) is 2.95. The maximum absolute atomic E-state index is 6.17. The lowest BCUT2D eigenvalue weighted by atomic mass is 10.2. The van der Waals surface area contributed by atoms with Gasteiger partial charge in [-0.25, -0.2) is 0 Å². The van der Waals surface area contributed by atoms with Crippen molar-refractivity contribution in [3.05, 3.63) is 32.8 Å². The molecule has 0 unspecified atom stereocenters. The van der Waals surface area contributed by atoms with Crippen LogP contribution in [0.2, 0.25) is 15.1 Å². The summed E-state index contributed by atoms with van der Waals surface area (Å²) in [4.78, 5) is 2.44. The minimum atomic E-state index is 0.537. The molecule has 0 aromatic heterocycles. The molecule has 0 spiro atoms. The molecule has 20 heavy (non-hydrogen) atoms. The maximum atomic E-state index is 6.17. The molecule has 0 saturated carbocycles. The van der Waals surface area contributed by atoms with Crippen molar-refractivity contribution in [2.75, 3.05) is 13.1 Å². The monoisotopic (exact) mass is 336 g/mol. The number of rotatable bonds is 7. The number of hydrogen-bond acceptors (Lipinski definition) is 2. The lowest BCUT2D eigenvalue weighted by Gasteiger charge is -2.30. The standard InChI is InChI=1S/C15H23Cl3N2/c1-10(2)20(11(3)4)8-7-19-9-12-13(16)5-6-14(17)15(12)18/h5-6,10-11,19H,7-9H2,1-4H3. The average molecular weight is 338 g/mol. The predicted octanol–water partition coefficient (Wildman–Crippen LogP) is 4.86. The van der Waals surface area contributed by atoms with Gasteiger partial charge in [-0.15, -0.1) is 0 Å². The summed E-state index contributed by atoms with van der Waals surface area (Å²) in [5.41, 5.74) is 0.862. The van der Waals surface area contributed by atoms with E-state index < -0.39 is 0 Å². The third kappa shape index (κ3) is 5.09. The number of nitrogens with zero attached hydrogens (tertiary/aromatic N) is 1. The Kier molecular flexibility index (Phi) is 7.63. The zero-order chi connectivity index (χ0) is 15.3. The first-order valence-corrected chi connectivity index (χ1v) is 8.06. The van der Waals surface area contributed by atoms with E-state index in [9.17, 15) is 0 Å². The summed E-state index contributed by atoms with van der Waals surface area (Å²) >= 11 is 18.3. The van der Waals surface area contributed by atoms with Gasteiger partial charge in [-0.2, -0.15) is 0 Å². The van der Waals surface area contributed by atoms with E-state index in [1.165, 1.54) is 0 Å². The van der Waals surface area contributed by atoms with Gasteiger partial charge in [-0.05, 0) is 39.8 Å². The Labute approximate surface area is 137 Å². The molecule has 1 rings (SSSR count). The topological polar surface area (TPSA) is 15.3 Å². The van der Waals surface area contributed by atoms with Gasteiger partial charge in [0.2, 0.25) is 0 Å². The van der Waals surface area contributed by atoms with E-state index >= 15 is 0 Å². The van der Waals surface area contributed by atoms with Crippen LogP contribution in [0.3, 0.4) is 0 Å². The van der Waals surface area contributed by atoms with Gasteiger partial charge in [0.1, 0.15) is 0 Å². The fraction of sp³-hybridized carbons (Fsp3) is 0.600. The maximum Gasteiger partial charge on any atom is 0.0652 e. The lowest BCUT2D eigenvalue weighted by molar-refractivity contribution is 0.176. The van der Waals surface area contributed by atoms with Crippen molar-refractivity contribution in [1.82, 2.24) is 10.2 Å². The largest absolute Gasteiger partial charge is 0.311 e. The number of hydrogen-bond donors (Lipinski definition) is 1. The molecule has 1 N–H and O–H groups in total. The van der Waals surface area contributed by atoms with Gasteiger partial charge in [0, 0.05) is 42.3 Å². The Bertz CT molecular complexity index is 425. The molecule has 0 aliphatic heterocycles. The van der Waals surface area contributed by atoms with Crippen LogP contribution in [0.1, 0.15) is 33.3 Å².